The Bertz CT molecular complexity index is 1050. The predicted octanol–water partition coefficient (Wildman–Crippen LogP) is 6.61. The van der Waals surface area contributed by atoms with E-state index in [4.69, 9.17) is 0 Å². The molecule has 5 heteroatoms. The molecule has 0 saturated heterocycles. The van der Waals surface area contributed by atoms with Crippen LogP contribution < -0.4 is 5.32 Å². The van der Waals surface area contributed by atoms with Crippen LogP contribution in [0.4, 0.5) is 5.00 Å². The standard InChI is InChI=1S/C25H24N2OS2/c1-2-17-13-14-20-21(16-26)25(30-22(20)15-17)27-24(28)23(18-9-5-3-6-10-18)29-19-11-7-4-8-12-19/h3-12,17,23H,2,13-15H2,1H3,(H,27,28)/t17-,23-/m0/s1. The van der Waals surface area contributed by atoms with Crippen molar-refractivity contribution in [3.63, 3.8) is 0 Å². The molecule has 1 aliphatic carbocycles. The average Bonchev–Trinajstić information content (AvgIpc) is 3.14. The van der Waals surface area contributed by atoms with Gasteiger partial charge in [-0.2, -0.15) is 5.26 Å². The van der Waals surface area contributed by atoms with Crippen LogP contribution in [0.5, 0.6) is 0 Å². The summed E-state index contributed by atoms with van der Waals surface area (Å²) in [6.07, 6.45) is 4.23. The van der Waals surface area contributed by atoms with Crippen molar-refractivity contribution in [2.24, 2.45) is 5.92 Å². The Morgan fingerprint density at radius 1 is 1.20 bits per heavy atom. The molecule has 1 N–H and O–H groups in total. The lowest BCUT2D eigenvalue weighted by atomic mass is 9.86. The highest BCUT2D eigenvalue weighted by molar-refractivity contribution is 8.00. The highest BCUT2D eigenvalue weighted by atomic mass is 32.2. The molecule has 3 aromatic rings. The van der Waals surface area contributed by atoms with Gasteiger partial charge >= 0.3 is 0 Å². The molecule has 1 aromatic heterocycles. The summed E-state index contributed by atoms with van der Waals surface area (Å²) >= 11 is 3.12. The predicted molar refractivity (Wildman–Crippen MR) is 125 cm³/mol. The van der Waals surface area contributed by atoms with Gasteiger partial charge in [0, 0.05) is 9.77 Å². The van der Waals surface area contributed by atoms with Crippen molar-refractivity contribution < 1.29 is 4.79 Å². The Labute approximate surface area is 186 Å². The van der Waals surface area contributed by atoms with Gasteiger partial charge in [0.05, 0.1) is 5.56 Å². The number of hydrogen-bond donors (Lipinski definition) is 1. The zero-order valence-electron chi connectivity index (χ0n) is 16.9. The number of amides is 1. The zero-order chi connectivity index (χ0) is 20.9. The molecule has 0 spiro atoms. The van der Waals surface area contributed by atoms with Gasteiger partial charge in [-0.15, -0.1) is 23.1 Å². The van der Waals surface area contributed by atoms with E-state index in [1.807, 2.05) is 60.7 Å². The van der Waals surface area contributed by atoms with Gasteiger partial charge in [-0.25, -0.2) is 0 Å². The van der Waals surface area contributed by atoms with Crippen molar-refractivity contribution >= 4 is 34.0 Å². The van der Waals surface area contributed by atoms with Gasteiger partial charge in [0.1, 0.15) is 16.3 Å². The molecule has 0 radical (unpaired) electrons. The Kier molecular flexibility index (Phi) is 6.56. The number of hydrogen-bond acceptors (Lipinski definition) is 4. The molecule has 1 aliphatic rings. The third-order valence-electron chi connectivity index (χ3n) is 5.63. The maximum atomic E-state index is 13.4. The fraction of sp³-hybridized carbons (Fsp3) is 0.280. The van der Waals surface area contributed by atoms with Gasteiger partial charge in [0.15, 0.2) is 0 Å². The number of thioether (sulfide) groups is 1. The van der Waals surface area contributed by atoms with Crippen LogP contribution in [0, 0.1) is 17.2 Å². The number of rotatable bonds is 6. The van der Waals surface area contributed by atoms with Crippen LogP contribution in [-0.4, -0.2) is 5.91 Å². The number of anilines is 1. The lowest BCUT2D eigenvalue weighted by Crippen LogP contribution is -2.19. The Morgan fingerprint density at radius 2 is 1.90 bits per heavy atom. The number of fused-ring (bicyclic) bond motifs is 1. The maximum Gasteiger partial charge on any atom is 0.243 e. The molecule has 2 atom stereocenters. The first kappa shape index (κ1) is 20.7. The summed E-state index contributed by atoms with van der Waals surface area (Å²) in [5.41, 5.74) is 2.76. The van der Waals surface area contributed by atoms with Crippen molar-refractivity contribution in [1.29, 1.82) is 5.26 Å². The zero-order valence-corrected chi connectivity index (χ0v) is 18.6. The molecule has 0 bridgehead atoms. The highest BCUT2D eigenvalue weighted by Gasteiger charge is 2.28. The van der Waals surface area contributed by atoms with Crippen molar-refractivity contribution in [1.82, 2.24) is 0 Å². The van der Waals surface area contributed by atoms with E-state index in [9.17, 15) is 10.1 Å². The molecule has 1 heterocycles. The summed E-state index contributed by atoms with van der Waals surface area (Å²) in [4.78, 5) is 15.7. The fourth-order valence-electron chi connectivity index (χ4n) is 3.92. The molecule has 152 valence electrons. The molecule has 0 unspecified atom stereocenters. The van der Waals surface area contributed by atoms with E-state index < -0.39 is 0 Å². The van der Waals surface area contributed by atoms with E-state index in [1.165, 1.54) is 16.6 Å². The van der Waals surface area contributed by atoms with Gasteiger partial charge in [0.25, 0.3) is 0 Å². The Balaban J connectivity index is 1.62. The second-order valence-electron chi connectivity index (χ2n) is 7.55. The molecule has 0 saturated carbocycles. The monoisotopic (exact) mass is 432 g/mol. The van der Waals surface area contributed by atoms with E-state index in [0.29, 0.717) is 16.5 Å². The van der Waals surface area contributed by atoms with E-state index in [-0.39, 0.29) is 11.2 Å². The second kappa shape index (κ2) is 9.51. The maximum absolute atomic E-state index is 13.4. The smallest absolute Gasteiger partial charge is 0.243 e. The number of nitriles is 1. The minimum atomic E-state index is -0.386. The van der Waals surface area contributed by atoms with Crippen LogP contribution in [0.2, 0.25) is 0 Å². The van der Waals surface area contributed by atoms with E-state index >= 15 is 0 Å². The number of carbonyl (C=O) groups is 1. The lowest BCUT2D eigenvalue weighted by Gasteiger charge is -2.20. The van der Waals surface area contributed by atoms with Crippen molar-refractivity contribution in [2.45, 2.75) is 42.8 Å². The molecular weight excluding hydrogens is 408 g/mol. The summed E-state index contributed by atoms with van der Waals surface area (Å²) in [7, 11) is 0. The third-order valence-corrected chi connectivity index (χ3v) is 8.07. The first-order valence-electron chi connectivity index (χ1n) is 10.3. The van der Waals surface area contributed by atoms with E-state index in [2.05, 4.69) is 18.3 Å². The number of benzene rings is 2. The van der Waals surface area contributed by atoms with Gasteiger partial charge in [0.2, 0.25) is 5.91 Å². The number of nitrogens with one attached hydrogen (secondary N) is 1. The van der Waals surface area contributed by atoms with Crippen LogP contribution in [0.3, 0.4) is 0 Å². The molecule has 0 fully saturated rings. The molecule has 0 aliphatic heterocycles. The van der Waals surface area contributed by atoms with E-state index in [1.54, 1.807) is 11.3 Å². The van der Waals surface area contributed by atoms with Crippen LogP contribution in [0.25, 0.3) is 0 Å². The normalized spacial score (nSPS) is 16.3. The van der Waals surface area contributed by atoms with Gasteiger partial charge in [-0.3, -0.25) is 4.79 Å². The van der Waals surface area contributed by atoms with Crippen molar-refractivity contribution in [3.05, 3.63) is 82.2 Å². The summed E-state index contributed by atoms with van der Waals surface area (Å²) in [5, 5.41) is 13.2. The molecule has 1 amide bonds. The molecule has 2 aromatic carbocycles. The van der Waals surface area contributed by atoms with Gasteiger partial charge < -0.3 is 5.32 Å². The first-order chi connectivity index (χ1) is 14.7. The summed E-state index contributed by atoms with van der Waals surface area (Å²) in [6.45, 7) is 2.22. The number of nitrogens with zero attached hydrogens (tertiary/aromatic N) is 1. The quantitative estimate of drug-likeness (QED) is 0.446. The highest BCUT2D eigenvalue weighted by Crippen LogP contribution is 2.42. The summed E-state index contributed by atoms with van der Waals surface area (Å²) in [6, 6.07) is 22.2. The van der Waals surface area contributed by atoms with Gasteiger partial charge in [-0.1, -0.05) is 61.9 Å². The van der Waals surface area contributed by atoms with Crippen LogP contribution in [0.15, 0.2) is 65.6 Å². The SMILES string of the molecule is CC[C@H]1CCc2c(sc(NC(=O)[C@@H](Sc3ccccc3)c3ccccc3)c2C#N)C1. The van der Waals surface area contributed by atoms with Gasteiger partial charge in [-0.05, 0) is 48.4 Å². The Morgan fingerprint density at radius 3 is 2.57 bits per heavy atom. The van der Waals surface area contributed by atoms with Crippen LogP contribution >= 0.6 is 23.1 Å². The Hall–Kier alpha value is -2.55. The largest absolute Gasteiger partial charge is 0.315 e. The average molecular weight is 433 g/mol. The molecule has 30 heavy (non-hydrogen) atoms. The summed E-state index contributed by atoms with van der Waals surface area (Å²) < 4.78 is 0. The fourth-order valence-corrected chi connectivity index (χ4v) is 6.28. The third kappa shape index (κ3) is 4.45. The molecular formula is C25H24N2OS2. The minimum Gasteiger partial charge on any atom is -0.315 e. The van der Waals surface area contributed by atoms with E-state index in [0.717, 1.165) is 41.7 Å². The molecule has 4 rings (SSSR count). The lowest BCUT2D eigenvalue weighted by molar-refractivity contribution is -0.115. The summed E-state index contributed by atoms with van der Waals surface area (Å²) in [5.74, 6) is 0.592. The minimum absolute atomic E-state index is 0.0859. The van der Waals surface area contributed by atoms with Crippen LogP contribution in [0.1, 0.15) is 46.6 Å². The van der Waals surface area contributed by atoms with Crippen molar-refractivity contribution in [2.75, 3.05) is 5.32 Å². The topological polar surface area (TPSA) is 52.9 Å². The van der Waals surface area contributed by atoms with Crippen molar-refractivity contribution in [3.8, 4) is 6.07 Å². The van der Waals surface area contributed by atoms with Crippen LogP contribution in [-0.2, 0) is 17.6 Å². The first-order valence-corrected chi connectivity index (χ1v) is 12.0. The molecule has 3 nitrogen and oxygen atoms in total. The number of carbonyl (C=O) groups excluding carboxylic acids is 1. The second-order valence-corrected chi connectivity index (χ2v) is 9.83. The number of thiophene rings is 1.